The zero-order valence-corrected chi connectivity index (χ0v) is 9.47. The third kappa shape index (κ3) is 1.43. The van der Waals surface area contributed by atoms with Crippen LogP contribution in [0.5, 0.6) is 0 Å². The third-order valence-corrected chi connectivity index (χ3v) is 2.57. The molecule has 3 aromatic heterocycles. The van der Waals surface area contributed by atoms with Crippen molar-refractivity contribution in [3.63, 3.8) is 0 Å². The molecule has 0 spiro atoms. The molecule has 0 amide bonds. The maximum atomic E-state index is 5.67. The lowest BCUT2D eigenvalue weighted by molar-refractivity contribution is 0.756. The molecule has 0 saturated carbocycles. The second-order valence-corrected chi connectivity index (χ2v) is 3.83. The number of nitrogens with one attached hydrogen (secondary N) is 1. The Bertz CT molecular complexity index is 694. The lowest BCUT2D eigenvalue weighted by Gasteiger charge is -2.00. The zero-order chi connectivity index (χ0) is 12.0. The van der Waals surface area contributed by atoms with Crippen molar-refractivity contribution in [1.82, 2.24) is 29.7 Å². The van der Waals surface area contributed by atoms with Gasteiger partial charge < -0.3 is 10.7 Å². The predicted octanol–water partition coefficient (Wildman–Crippen LogP) is 0.644. The molecule has 86 valence electrons. The van der Waals surface area contributed by atoms with Gasteiger partial charge in [-0.05, 0) is 6.92 Å². The maximum absolute atomic E-state index is 5.67. The second-order valence-electron chi connectivity index (χ2n) is 3.83. The average molecular weight is 229 g/mol. The molecule has 0 fully saturated rings. The topological polar surface area (TPSA) is 98.3 Å². The van der Waals surface area contributed by atoms with Crippen LogP contribution in [0.1, 0.15) is 5.69 Å². The van der Waals surface area contributed by atoms with Gasteiger partial charge in [0.05, 0.1) is 12.0 Å². The van der Waals surface area contributed by atoms with Crippen molar-refractivity contribution in [3.8, 4) is 11.3 Å². The molecule has 3 heterocycles. The molecule has 3 rings (SSSR count). The van der Waals surface area contributed by atoms with E-state index in [1.807, 2.05) is 20.2 Å². The Balaban J connectivity index is 2.36. The van der Waals surface area contributed by atoms with Crippen molar-refractivity contribution in [1.29, 1.82) is 0 Å². The standard InChI is InChI=1S/C10H11N7/c1-5-6(3-17(2)16-5)7-8-9(13-4-12-8)15-10(11)14-7/h3-4H,1-2H3,(H3,11,12,13,14,15). The van der Waals surface area contributed by atoms with Crippen LogP contribution in [-0.2, 0) is 7.05 Å². The van der Waals surface area contributed by atoms with E-state index in [1.54, 1.807) is 11.0 Å². The van der Waals surface area contributed by atoms with Crippen LogP contribution in [0.2, 0.25) is 0 Å². The molecule has 3 aromatic rings. The Hall–Kier alpha value is -2.44. The van der Waals surface area contributed by atoms with Crippen LogP contribution in [0.3, 0.4) is 0 Å². The number of aryl methyl sites for hydroxylation is 2. The van der Waals surface area contributed by atoms with Gasteiger partial charge in [0.2, 0.25) is 5.95 Å². The average Bonchev–Trinajstić information content (AvgIpc) is 2.83. The summed E-state index contributed by atoms with van der Waals surface area (Å²) >= 11 is 0. The minimum absolute atomic E-state index is 0.211. The molecule has 0 aliphatic rings. The molecule has 7 nitrogen and oxygen atoms in total. The second kappa shape index (κ2) is 3.27. The molecule has 0 aliphatic carbocycles. The summed E-state index contributed by atoms with van der Waals surface area (Å²) in [5.41, 5.74) is 9.56. The van der Waals surface area contributed by atoms with Crippen molar-refractivity contribution in [2.45, 2.75) is 6.92 Å². The molecule has 17 heavy (non-hydrogen) atoms. The summed E-state index contributed by atoms with van der Waals surface area (Å²) in [5.74, 6) is 0.211. The van der Waals surface area contributed by atoms with E-state index in [2.05, 4.69) is 25.0 Å². The van der Waals surface area contributed by atoms with Crippen LogP contribution in [0, 0.1) is 6.92 Å². The number of nitrogens with two attached hydrogens (primary N) is 1. The molecule has 0 aliphatic heterocycles. The van der Waals surface area contributed by atoms with Crippen LogP contribution in [0.15, 0.2) is 12.5 Å². The van der Waals surface area contributed by atoms with Gasteiger partial charge in [0.25, 0.3) is 0 Å². The van der Waals surface area contributed by atoms with E-state index in [1.165, 1.54) is 0 Å². The summed E-state index contributed by atoms with van der Waals surface area (Å²) in [6, 6.07) is 0. The van der Waals surface area contributed by atoms with Gasteiger partial charge in [-0.1, -0.05) is 0 Å². The summed E-state index contributed by atoms with van der Waals surface area (Å²) in [5, 5.41) is 4.29. The van der Waals surface area contributed by atoms with Gasteiger partial charge in [0, 0.05) is 18.8 Å². The first-order chi connectivity index (χ1) is 8.15. The Morgan fingerprint density at radius 2 is 2.18 bits per heavy atom. The van der Waals surface area contributed by atoms with E-state index >= 15 is 0 Å². The zero-order valence-electron chi connectivity index (χ0n) is 9.47. The largest absolute Gasteiger partial charge is 0.368 e. The minimum Gasteiger partial charge on any atom is -0.368 e. The fourth-order valence-electron chi connectivity index (χ4n) is 1.88. The first-order valence-corrected chi connectivity index (χ1v) is 5.12. The highest BCUT2D eigenvalue weighted by molar-refractivity contribution is 5.88. The number of aromatic nitrogens is 6. The number of imidazole rings is 1. The van der Waals surface area contributed by atoms with Gasteiger partial charge in [-0.15, -0.1) is 0 Å². The molecule has 0 bridgehead atoms. The van der Waals surface area contributed by atoms with Gasteiger partial charge in [0.1, 0.15) is 11.2 Å². The molecule has 3 N–H and O–H groups in total. The Morgan fingerprint density at radius 1 is 1.35 bits per heavy atom. The molecule has 0 aromatic carbocycles. The maximum Gasteiger partial charge on any atom is 0.222 e. The first kappa shape index (κ1) is 9.76. The Labute approximate surface area is 96.7 Å². The van der Waals surface area contributed by atoms with E-state index in [4.69, 9.17) is 5.73 Å². The van der Waals surface area contributed by atoms with Crippen molar-refractivity contribution >= 4 is 17.1 Å². The van der Waals surface area contributed by atoms with Crippen LogP contribution in [-0.4, -0.2) is 29.7 Å². The summed E-state index contributed by atoms with van der Waals surface area (Å²) < 4.78 is 1.74. The normalized spacial score (nSPS) is 11.2. The number of fused-ring (bicyclic) bond motifs is 1. The van der Waals surface area contributed by atoms with E-state index in [0.717, 1.165) is 22.5 Å². The Morgan fingerprint density at radius 3 is 2.88 bits per heavy atom. The number of nitrogens with zero attached hydrogens (tertiary/aromatic N) is 5. The molecule has 7 heteroatoms. The molecule has 0 atom stereocenters. The third-order valence-electron chi connectivity index (χ3n) is 2.57. The van der Waals surface area contributed by atoms with E-state index in [-0.39, 0.29) is 5.95 Å². The summed E-state index contributed by atoms with van der Waals surface area (Å²) in [6.07, 6.45) is 3.48. The van der Waals surface area contributed by atoms with Crippen LogP contribution >= 0.6 is 0 Å². The molecule has 0 radical (unpaired) electrons. The monoisotopic (exact) mass is 229 g/mol. The van der Waals surface area contributed by atoms with Gasteiger partial charge >= 0.3 is 0 Å². The summed E-state index contributed by atoms with van der Waals surface area (Å²) in [4.78, 5) is 15.4. The first-order valence-electron chi connectivity index (χ1n) is 5.12. The summed E-state index contributed by atoms with van der Waals surface area (Å²) in [7, 11) is 1.87. The lowest BCUT2D eigenvalue weighted by atomic mass is 10.2. The Kier molecular flexibility index (Phi) is 1.88. The van der Waals surface area contributed by atoms with Crippen molar-refractivity contribution in [3.05, 3.63) is 18.2 Å². The fourth-order valence-corrected chi connectivity index (χ4v) is 1.88. The lowest BCUT2D eigenvalue weighted by Crippen LogP contribution is -1.98. The number of hydrogen-bond acceptors (Lipinski definition) is 5. The minimum atomic E-state index is 0.211. The number of rotatable bonds is 1. The van der Waals surface area contributed by atoms with Crippen LogP contribution in [0.25, 0.3) is 22.4 Å². The van der Waals surface area contributed by atoms with Crippen molar-refractivity contribution in [2.75, 3.05) is 5.73 Å². The number of nitrogen functional groups attached to an aromatic ring is 1. The van der Waals surface area contributed by atoms with Gasteiger partial charge in [-0.2, -0.15) is 10.1 Å². The van der Waals surface area contributed by atoms with Gasteiger partial charge in [0.15, 0.2) is 5.65 Å². The van der Waals surface area contributed by atoms with Crippen LogP contribution < -0.4 is 5.73 Å². The number of aromatic amines is 1. The highest BCUT2D eigenvalue weighted by atomic mass is 15.3. The fraction of sp³-hybridized carbons (Fsp3) is 0.200. The SMILES string of the molecule is Cc1nn(C)cc1-c1nc(N)nc2nc[nH]c12. The number of anilines is 1. The van der Waals surface area contributed by atoms with Crippen molar-refractivity contribution in [2.24, 2.45) is 7.05 Å². The highest BCUT2D eigenvalue weighted by Gasteiger charge is 2.14. The van der Waals surface area contributed by atoms with Gasteiger partial charge in [-0.3, -0.25) is 4.68 Å². The quantitative estimate of drug-likeness (QED) is 0.638. The van der Waals surface area contributed by atoms with E-state index in [0.29, 0.717) is 5.65 Å². The smallest absolute Gasteiger partial charge is 0.222 e. The van der Waals surface area contributed by atoms with Crippen molar-refractivity contribution < 1.29 is 0 Å². The molecule has 0 unspecified atom stereocenters. The molecule has 0 saturated heterocycles. The predicted molar refractivity (Wildman–Crippen MR) is 63.0 cm³/mol. The number of H-pyrrole nitrogens is 1. The van der Waals surface area contributed by atoms with E-state index < -0.39 is 0 Å². The van der Waals surface area contributed by atoms with Crippen LogP contribution in [0.4, 0.5) is 5.95 Å². The van der Waals surface area contributed by atoms with Gasteiger partial charge in [-0.25, -0.2) is 9.97 Å². The highest BCUT2D eigenvalue weighted by Crippen LogP contribution is 2.26. The number of hydrogen-bond donors (Lipinski definition) is 2. The summed E-state index contributed by atoms with van der Waals surface area (Å²) in [6.45, 7) is 1.93. The molecular formula is C10H11N7. The molecular weight excluding hydrogens is 218 g/mol. The van der Waals surface area contributed by atoms with E-state index in [9.17, 15) is 0 Å².